The Hall–Kier alpha value is -2.18. The zero-order valence-corrected chi connectivity index (χ0v) is 21.6. The van der Waals surface area contributed by atoms with Crippen molar-refractivity contribution >= 4 is 63.5 Å². The van der Waals surface area contributed by atoms with Gasteiger partial charge in [0.1, 0.15) is 17.1 Å². The minimum absolute atomic E-state index is 0. The number of carbonyl (C=O) groups excluding carboxylic acids is 3. The van der Waals surface area contributed by atoms with Crippen molar-refractivity contribution in [2.24, 2.45) is 12.2 Å². The van der Waals surface area contributed by atoms with Gasteiger partial charge in [-0.1, -0.05) is 16.9 Å². The van der Waals surface area contributed by atoms with E-state index in [0.717, 1.165) is 16.2 Å². The Balaban J connectivity index is 0.00000306. The summed E-state index contributed by atoms with van der Waals surface area (Å²) in [5.41, 5.74) is 5.44. The van der Waals surface area contributed by atoms with Gasteiger partial charge in [-0.3, -0.25) is 14.5 Å². The number of nitrogen functional groups attached to an aromatic ring is 1. The molecule has 2 aliphatic heterocycles. The van der Waals surface area contributed by atoms with Gasteiger partial charge >= 0.3 is 29.6 Å². The third kappa shape index (κ3) is 4.87. The molecule has 1 saturated heterocycles. The van der Waals surface area contributed by atoms with E-state index >= 15 is 0 Å². The minimum atomic E-state index is -1.49. The predicted molar refractivity (Wildman–Crippen MR) is 111 cm³/mol. The number of nitrogens with two attached hydrogens (primary N) is 1. The topological polar surface area (TPSA) is 205 Å². The number of anilines is 1. The number of β-lactam (4-membered cyclic amide) rings is 1. The molecule has 1 unspecified atom stereocenters. The number of carboxylic acids is 1. The molecular weight excluding hydrogens is 505 g/mol. The fraction of sp³-hybridized carbons (Fsp3) is 0.333. The molecule has 0 radical (unpaired) electrons. The molecule has 2 aromatic heterocycles. The van der Waals surface area contributed by atoms with Gasteiger partial charge in [0, 0.05) is 23.9 Å². The van der Waals surface area contributed by atoms with Crippen molar-refractivity contribution in [3.63, 3.8) is 0 Å². The summed E-state index contributed by atoms with van der Waals surface area (Å²) >= 11 is 3.57. The summed E-state index contributed by atoms with van der Waals surface area (Å²) in [5, 5.41) is 38.9. The van der Waals surface area contributed by atoms with Crippen molar-refractivity contribution in [3.8, 4) is 0 Å². The van der Waals surface area contributed by atoms with Crippen LogP contribution in [0, 0.1) is 0 Å². The van der Waals surface area contributed by atoms with Crippen LogP contribution in [0.4, 0.5) is 5.13 Å². The number of aryl methyl sites for hydroxylation is 1. The van der Waals surface area contributed by atoms with Crippen molar-refractivity contribution in [1.82, 2.24) is 35.4 Å². The number of carboxylic acid groups (broad SMARTS) is 1. The van der Waals surface area contributed by atoms with Crippen LogP contribution in [0.2, 0.25) is 0 Å². The Bertz CT molecular complexity index is 1170. The number of hydrogen-bond donors (Lipinski definition) is 3. The molecule has 2 aliphatic rings. The fourth-order valence-corrected chi connectivity index (χ4v) is 5.98. The largest absolute Gasteiger partial charge is 1.00 e. The first-order valence-corrected chi connectivity index (χ1v) is 11.7. The fourth-order valence-electron chi connectivity index (χ4n) is 3.10. The maximum atomic E-state index is 12.7. The Labute approximate surface area is 220 Å². The molecule has 168 valence electrons. The molecular formula is C15H14N9NaO5S3. The molecule has 0 saturated carbocycles. The molecule has 2 atom stereocenters. The minimum Gasteiger partial charge on any atom is -0.543 e. The van der Waals surface area contributed by atoms with Crippen molar-refractivity contribution in [2.75, 3.05) is 17.2 Å². The van der Waals surface area contributed by atoms with Crippen molar-refractivity contribution in [1.29, 1.82) is 0 Å². The number of thioether (sulfide) groups is 2. The zero-order chi connectivity index (χ0) is 23.0. The maximum Gasteiger partial charge on any atom is 1.00 e. The van der Waals surface area contributed by atoms with Gasteiger partial charge in [0.25, 0.3) is 11.8 Å². The third-order valence-corrected chi connectivity index (χ3v) is 7.67. The van der Waals surface area contributed by atoms with Crippen LogP contribution in [0.1, 0.15) is 5.69 Å². The summed E-state index contributed by atoms with van der Waals surface area (Å²) < 4.78 is 1.44. The van der Waals surface area contributed by atoms with Crippen LogP contribution < -0.4 is 45.7 Å². The monoisotopic (exact) mass is 519 g/mol. The summed E-state index contributed by atoms with van der Waals surface area (Å²) in [4.78, 5) is 42.0. The van der Waals surface area contributed by atoms with Gasteiger partial charge in [0.15, 0.2) is 10.8 Å². The predicted octanol–water partition coefficient (Wildman–Crippen LogP) is -5.37. The van der Waals surface area contributed by atoms with Crippen LogP contribution in [0.25, 0.3) is 0 Å². The van der Waals surface area contributed by atoms with E-state index in [2.05, 4.69) is 31.0 Å². The molecule has 18 heteroatoms. The number of rotatable bonds is 7. The van der Waals surface area contributed by atoms with Crippen LogP contribution >= 0.6 is 34.9 Å². The molecule has 4 N–H and O–H groups in total. The number of fused-ring (bicyclic) bond motifs is 1. The second-order valence-electron chi connectivity index (χ2n) is 6.49. The number of nitrogens with zero attached hydrogens (tertiary/aromatic N) is 7. The van der Waals surface area contributed by atoms with Gasteiger partial charge in [0.05, 0.1) is 11.7 Å². The average molecular weight is 520 g/mol. The molecule has 2 aromatic rings. The second-order valence-corrected chi connectivity index (χ2v) is 9.43. The van der Waals surface area contributed by atoms with Crippen molar-refractivity contribution in [2.45, 2.75) is 16.6 Å². The summed E-state index contributed by atoms with van der Waals surface area (Å²) in [6.45, 7) is 0. The Morgan fingerprint density at radius 2 is 2.24 bits per heavy atom. The molecule has 4 rings (SSSR count). The smallest absolute Gasteiger partial charge is 0.543 e. The van der Waals surface area contributed by atoms with Gasteiger partial charge in [-0.15, -0.1) is 28.2 Å². The van der Waals surface area contributed by atoms with E-state index in [1.54, 1.807) is 7.05 Å². The molecule has 33 heavy (non-hydrogen) atoms. The molecule has 4 heterocycles. The van der Waals surface area contributed by atoms with Crippen LogP contribution in [-0.4, -0.2) is 81.7 Å². The number of hydrogen-bond acceptors (Lipinski definition) is 14. The number of aromatic nitrogens is 5. The van der Waals surface area contributed by atoms with Crippen molar-refractivity contribution < 1.29 is 54.3 Å². The van der Waals surface area contributed by atoms with Gasteiger partial charge < -0.3 is 26.2 Å². The normalized spacial score (nSPS) is 20.1. The summed E-state index contributed by atoms with van der Waals surface area (Å²) in [7, 11) is 1.65. The van der Waals surface area contributed by atoms with Gasteiger partial charge in [-0.25, -0.2) is 9.67 Å². The number of tetrazole rings is 1. The van der Waals surface area contributed by atoms with Crippen molar-refractivity contribution in [3.05, 3.63) is 22.3 Å². The first-order valence-electron chi connectivity index (χ1n) is 8.79. The molecule has 0 aromatic carbocycles. The SMILES string of the molecule is Cn1nnnc1SCC1=C(C(=O)[O-])N2C(=O)C(NC(=O)C(=NO)c3csc(N)n3)[C@H]2SC1.[Na+]. The third-order valence-electron chi connectivity index (χ3n) is 4.56. The van der Waals surface area contributed by atoms with E-state index in [-0.39, 0.29) is 51.8 Å². The first-order chi connectivity index (χ1) is 15.3. The number of nitrogens with one attached hydrogen (secondary N) is 1. The molecule has 1 fully saturated rings. The van der Waals surface area contributed by atoms with E-state index in [0.29, 0.717) is 16.5 Å². The maximum absolute atomic E-state index is 12.7. The standard InChI is InChI=1S/C15H15N9O5S3.Na/c1-23-15(19-21-22-23)32-3-5-2-30-12-8(11(26)24(12)9(5)13(27)28)18-10(25)7(20-29)6-4-31-14(16)17-6;/h4,8,12,29H,2-3H2,1H3,(H2,16,17)(H,18,25)(H,27,28);/q;+1/p-1/t8?,12-;/m1./s1. The van der Waals surface area contributed by atoms with E-state index < -0.39 is 34.9 Å². The quantitative estimate of drug-likeness (QED) is 0.0783. The second kappa shape index (κ2) is 10.4. The number of oxime groups is 1. The molecule has 0 bridgehead atoms. The van der Waals surface area contributed by atoms with E-state index in [4.69, 9.17) is 5.73 Å². The van der Waals surface area contributed by atoms with Gasteiger partial charge in [-0.05, 0) is 16.0 Å². The summed E-state index contributed by atoms with van der Waals surface area (Å²) in [6, 6.07) is -1.01. The van der Waals surface area contributed by atoms with Gasteiger partial charge in [0.2, 0.25) is 5.16 Å². The van der Waals surface area contributed by atoms with Crippen LogP contribution in [0.15, 0.2) is 27.0 Å². The van der Waals surface area contributed by atoms with E-state index in [1.807, 2.05) is 0 Å². The summed E-state index contributed by atoms with van der Waals surface area (Å²) in [6.07, 6.45) is 0. The molecule has 0 aliphatic carbocycles. The Morgan fingerprint density at radius 1 is 1.48 bits per heavy atom. The number of aliphatic carboxylic acids is 1. The molecule has 14 nitrogen and oxygen atoms in total. The summed E-state index contributed by atoms with van der Waals surface area (Å²) in [5.74, 6) is -2.41. The van der Waals surface area contributed by atoms with Crippen LogP contribution in [0.5, 0.6) is 0 Å². The number of amides is 2. The van der Waals surface area contributed by atoms with E-state index in [1.165, 1.54) is 33.6 Å². The zero-order valence-electron chi connectivity index (χ0n) is 17.2. The van der Waals surface area contributed by atoms with Gasteiger partial charge in [-0.2, -0.15) is 0 Å². The Kier molecular flexibility index (Phi) is 8.01. The van der Waals surface area contributed by atoms with Crippen LogP contribution in [-0.2, 0) is 21.4 Å². The van der Waals surface area contributed by atoms with Crippen LogP contribution in [0.3, 0.4) is 0 Å². The number of thiazole rings is 1. The molecule has 0 spiro atoms. The van der Waals surface area contributed by atoms with E-state index in [9.17, 15) is 24.7 Å². The number of carbonyl (C=O) groups is 3. The first kappa shape index (κ1) is 25.4. The molecule has 2 amide bonds. The average Bonchev–Trinajstić information content (AvgIpc) is 3.37. The Morgan fingerprint density at radius 3 is 2.82 bits per heavy atom.